The van der Waals surface area contributed by atoms with E-state index in [1.165, 1.54) is 16.4 Å². The fraction of sp³-hybridized carbons (Fsp3) is 0.312. The number of hydrogen-bond acceptors (Lipinski definition) is 7. The van der Waals surface area contributed by atoms with Crippen molar-refractivity contribution in [2.24, 2.45) is 7.05 Å². The van der Waals surface area contributed by atoms with Gasteiger partial charge in [0.15, 0.2) is 0 Å². The molecule has 0 fully saturated rings. The molecule has 1 aliphatic heterocycles. The Kier molecular flexibility index (Phi) is 5.97. The molecule has 11 heteroatoms. The van der Waals surface area contributed by atoms with Crippen molar-refractivity contribution in [2.45, 2.75) is 18.1 Å². The maximum Gasteiger partial charge on any atom is 0.338 e. The average Bonchev–Trinajstić information content (AvgIpc) is 3.05. The number of nitrogens with one attached hydrogen (secondary N) is 2. The number of rotatable bonds is 6. The Balaban J connectivity index is 2.00. The topological polar surface area (TPSA) is 111 Å². The maximum absolute atomic E-state index is 12.7. The van der Waals surface area contributed by atoms with E-state index < -0.39 is 18.0 Å². The summed E-state index contributed by atoms with van der Waals surface area (Å²) in [6.07, 6.45) is 0. The number of carbonyl (C=O) groups is 2. The number of amides is 2. The van der Waals surface area contributed by atoms with Crippen LogP contribution < -0.4 is 10.6 Å². The van der Waals surface area contributed by atoms with Crippen molar-refractivity contribution in [3.8, 4) is 0 Å². The molecular weight excluding hydrogens is 392 g/mol. The summed E-state index contributed by atoms with van der Waals surface area (Å²) < 4.78 is 6.72. The molecule has 2 aromatic rings. The van der Waals surface area contributed by atoms with Crippen LogP contribution in [0.15, 0.2) is 40.7 Å². The minimum Gasteiger partial charge on any atom is -0.463 e. The van der Waals surface area contributed by atoms with E-state index in [2.05, 4.69) is 26.2 Å². The summed E-state index contributed by atoms with van der Waals surface area (Å²) in [6, 6.07) is 5.88. The van der Waals surface area contributed by atoms with E-state index in [9.17, 15) is 9.59 Å². The van der Waals surface area contributed by atoms with Crippen molar-refractivity contribution >= 4 is 35.4 Å². The number of halogens is 1. The van der Waals surface area contributed by atoms with E-state index in [4.69, 9.17) is 16.3 Å². The van der Waals surface area contributed by atoms with Gasteiger partial charge in [0.25, 0.3) is 0 Å². The molecule has 0 aliphatic carbocycles. The van der Waals surface area contributed by atoms with Gasteiger partial charge in [-0.2, -0.15) is 0 Å². The number of hydrogen-bond donors (Lipinski definition) is 2. The molecule has 142 valence electrons. The molecular formula is C16H17ClN6O3S. The molecule has 0 radical (unpaired) electrons. The largest absolute Gasteiger partial charge is 0.463 e. The van der Waals surface area contributed by atoms with E-state index in [-0.39, 0.29) is 12.4 Å². The monoisotopic (exact) mass is 408 g/mol. The number of tetrazole rings is 1. The van der Waals surface area contributed by atoms with Crippen LogP contribution in [0.3, 0.4) is 0 Å². The standard InChI is InChI=1S/C16H17ClN6O3S/c1-3-26-14(24)12-11(8-27-16-20-21-22-23(16)2)18-15(25)19-13(12)9-6-4-5-7-10(9)17/h4-7,13H,3,8H2,1-2H3,(H2,18,19,25)/t13-/m0/s1. The number of urea groups is 1. The minimum atomic E-state index is -0.722. The van der Waals surface area contributed by atoms with Crippen molar-refractivity contribution in [1.82, 2.24) is 30.8 Å². The van der Waals surface area contributed by atoms with E-state index >= 15 is 0 Å². The zero-order chi connectivity index (χ0) is 19.4. The maximum atomic E-state index is 12.7. The molecule has 27 heavy (non-hydrogen) atoms. The number of aromatic nitrogens is 4. The number of thioether (sulfide) groups is 1. The first-order chi connectivity index (χ1) is 13.0. The fourth-order valence-electron chi connectivity index (χ4n) is 2.60. The molecule has 2 amide bonds. The smallest absolute Gasteiger partial charge is 0.338 e. The van der Waals surface area contributed by atoms with E-state index in [0.717, 1.165) is 0 Å². The Labute approximate surface area is 164 Å². The Hall–Kier alpha value is -2.59. The molecule has 2 heterocycles. The quantitative estimate of drug-likeness (QED) is 0.554. The van der Waals surface area contributed by atoms with Crippen molar-refractivity contribution in [2.75, 3.05) is 12.4 Å². The third-order valence-corrected chi connectivity index (χ3v) is 5.17. The molecule has 0 spiro atoms. The number of nitrogens with zero attached hydrogens (tertiary/aromatic N) is 4. The average molecular weight is 409 g/mol. The van der Waals surface area contributed by atoms with E-state index in [0.29, 0.717) is 27.0 Å². The van der Waals surface area contributed by atoms with Crippen LogP contribution in [0, 0.1) is 0 Å². The first-order valence-electron chi connectivity index (χ1n) is 8.08. The summed E-state index contributed by atoms with van der Waals surface area (Å²) in [7, 11) is 1.70. The molecule has 3 rings (SSSR count). The van der Waals surface area contributed by atoms with Gasteiger partial charge < -0.3 is 15.4 Å². The van der Waals surface area contributed by atoms with Crippen LogP contribution in [0.2, 0.25) is 5.02 Å². The van der Waals surface area contributed by atoms with Gasteiger partial charge >= 0.3 is 12.0 Å². The Morgan fingerprint density at radius 3 is 2.85 bits per heavy atom. The fourth-order valence-corrected chi connectivity index (χ4v) is 3.67. The van der Waals surface area contributed by atoms with Crippen LogP contribution in [0.1, 0.15) is 18.5 Å². The van der Waals surface area contributed by atoms with Crippen LogP contribution in [0.4, 0.5) is 4.79 Å². The molecule has 1 aromatic heterocycles. The highest BCUT2D eigenvalue weighted by atomic mass is 35.5. The SMILES string of the molecule is CCOC(=O)C1=C(CSc2nnnn2C)NC(=O)N[C@H]1c1ccccc1Cl. The van der Waals surface area contributed by atoms with Crippen molar-refractivity contribution < 1.29 is 14.3 Å². The molecule has 1 aliphatic rings. The zero-order valence-corrected chi connectivity index (χ0v) is 16.2. The molecule has 0 unspecified atom stereocenters. The lowest BCUT2D eigenvalue weighted by atomic mass is 9.95. The van der Waals surface area contributed by atoms with Crippen molar-refractivity contribution in [1.29, 1.82) is 0 Å². The van der Waals surface area contributed by atoms with E-state index in [1.807, 2.05) is 0 Å². The first kappa shape index (κ1) is 19.2. The summed E-state index contributed by atoms with van der Waals surface area (Å²) in [4.78, 5) is 24.9. The second-order valence-corrected chi connectivity index (χ2v) is 6.89. The summed E-state index contributed by atoms with van der Waals surface area (Å²) in [5.74, 6) is -0.252. The van der Waals surface area contributed by atoms with Crippen LogP contribution >= 0.6 is 23.4 Å². The van der Waals surface area contributed by atoms with Gasteiger partial charge in [-0.15, -0.1) is 5.10 Å². The summed E-state index contributed by atoms with van der Waals surface area (Å²) in [5.41, 5.74) is 1.34. The van der Waals surface area contributed by atoms with Gasteiger partial charge in [-0.1, -0.05) is 41.6 Å². The normalized spacial score (nSPS) is 16.7. The van der Waals surface area contributed by atoms with Gasteiger partial charge in [-0.25, -0.2) is 14.3 Å². The highest BCUT2D eigenvalue weighted by Gasteiger charge is 2.34. The van der Waals surface area contributed by atoms with Crippen molar-refractivity contribution in [3.05, 3.63) is 46.1 Å². The number of ether oxygens (including phenoxy) is 1. The summed E-state index contributed by atoms with van der Waals surface area (Å²) >= 11 is 7.59. The lowest BCUT2D eigenvalue weighted by Crippen LogP contribution is -2.46. The van der Waals surface area contributed by atoms with Gasteiger partial charge in [0.05, 0.1) is 18.2 Å². The second-order valence-electron chi connectivity index (χ2n) is 5.54. The predicted octanol–water partition coefficient (Wildman–Crippen LogP) is 1.83. The van der Waals surface area contributed by atoms with E-state index in [1.54, 1.807) is 38.2 Å². The second kappa shape index (κ2) is 8.40. The number of carbonyl (C=O) groups excluding carboxylic acids is 2. The highest BCUT2D eigenvalue weighted by Crippen LogP contribution is 2.33. The molecule has 0 bridgehead atoms. The number of esters is 1. The Morgan fingerprint density at radius 1 is 1.41 bits per heavy atom. The van der Waals surface area contributed by atoms with Crippen LogP contribution in [0.5, 0.6) is 0 Å². The van der Waals surface area contributed by atoms with Crippen molar-refractivity contribution in [3.63, 3.8) is 0 Å². The molecule has 0 saturated heterocycles. The van der Waals surface area contributed by atoms with Crippen LogP contribution in [-0.2, 0) is 16.6 Å². The highest BCUT2D eigenvalue weighted by molar-refractivity contribution is 7.99. The summed E-state index contributed by atoms with van der Waals surface area (Å²) in [5, 5.41) is 17.7. The Morgan fingerprint density at radius 2 is 2.19 bits per heavy atom. The van der Waals surface area contributed by atoms with Gasteiger partial charge in [0.2, 0.25) is 5.16 Å². The van der Waals surface area contributed by atoms with Gasteiger partial charge in [-0.05, 0) is 29.0 Å². The van der Waals surface area contributed by atoms with Gasteiger partial charge in [0, 0.05) is 23.5 Å². The first-order valence-corrected chi connectivity index (χ1v) is 9.44. The Bertz CT molecular complexity index is 900. The van der Waals surface area contributed by atoms with Gasteiger partial charge in [0.1, 0.15) is 0 Å². The third kappa shape index (κ3) is 4.22. The molecule has 0 saturated carbocycles. The summed E-state index contributed by atoms with van der Waals surface area (Å²) in [6.45, 7) is 1.93. The third-order valence-electron chi connectivity index (χ3n) is 3.79. The lowest BCUT2D eigenvalue weighted by molar-refractivity contribution is -0.139. The van der Waals surface area contributed by atoms with Crippen LogP contribution in [-0.4, -0.2) is 44.6 Å². The molecule has 1 atom stereocenters. The molecule has 9 nitrogen and oxygen atoms in total. The predicted molar refractivity (Wildman–Crippen MR) is 99.0 cm³/mol. The zero-order valence-electron chi connectivity index (χ0n) is 14.6. The van der Waals surface area contributed by atoms with Gasteiger partial charge in [-0.3, -0.25) is 0 Å². The molecule has 1 aromatic carbocycles. The van der Waals surface area contributed by atoms with Crippen LogP contribution in [0.25, 0.3) is 0 Å². The number of aryl methyl sites for hydroxylation is 1. The number of benzene rings is 1. The lowest BCUT2D eigenvalue weighted by Gasteiger charge is -2.29. The minimum absolute atomic E-state index is 0.207. The molecule has 2 N–H and O–H groups in total.